The van der Waals surface area contributed by atoms with Crippen LogP contribution in [0.15, 0.2) is 60.8 Å². The highest BCUT2D eigenvalue weighted by molar-refractivity contribution is 6.04. The minimum Gasteiger partial charge on any atom is -0.321 e. The standard InChI is InChI=1S/C23H21N5O/c1-15-8-10-18(11-9-15)28-21-7-3-6-19(21)22(27-28)23(29)25-17-5-2-4-16(14-17)20-12-13-24-26-20/h2,4-5,8-14H,3,6-7H2,1H3,(H,24,26)(H,25,29). The summed E-state index contributed by atoms with van der Waals surface area (Å²) in [6, 6.07) is 17.9. The van der Waals surface area contributed by atoms with Gasteiger partial charge in [0.1, 0.15) is 0 Å². The Morgan fingerprint density at radius 2 is 1.97 bits per heavy atom. The minimum absolute atomic E-state index is 0.171. The van der Waals surface area contributed by atoms with Crippen molar-refractivity contribution in [3.05, 3.63) is 83.3 Å². The normalized spacial score (nSPS) is 12.7. The summed E-state index contributed by atoms with van der Waals surface area (Å²) in [5.41, 5.74) is 7.53. The van der Waals surface area contributed by atoms with Gasteiger partial charge in [0.25, 0.3) is 5.91 Å². The topological polar surface area (TPSA) is 75.6 Å². The maximum atomic E-state index is 13.1. The van der Waals surface area contributed by atoms with Crippen LogP contribution in [0, 0.1) is 6.92 Å². The van der Waals surface area contributed by atoms with Gasteiger partial charge in [-0.25, -0.2) is 4.68 Å². The number of fused-ring (bicyclic) bond motifs is 1. The molecule has 1 aliphatic carbocycles. The molecule has 29 heavy (non-hydrogen) atoms. The zero-order chi connectivity index (χ0) is 19.8. The van der Waals surface area contributed by atoms with Crippen LogP contribution in [0.5, 0.6) is 0 Å². The number of benzene rings is 2. The number of aromatic nitrogens is 4. The molecule has 0 radical (unpaired) electrons. The predicted molar refractivity (Wildman–Crippen MR) is 112 cm³/mol. The van der Waals surface area contributed by atoms with E-state index in [0.29, 0.717) is 5.69 Å². The lowest BCUT2D eigenvalue weighted by Crippen LogP contribution is -2.15. The fourth-order valence-corrected chi connectivity index (χ4v) is 3.89. The van der Waals surface area contributed by atoms with E-state index in [4.69, 9.17) is 0 Å². The lowest BCUT2D eigenvalue weighted by Gasteiger charge is -2.07. The molecule has 0 saturated heterocycles. The van der Waals surface area contributed by atoms with Crippen molar-refractivity contribution in [1.29, 1.82) is 0 Å². The van der Waals surface area contributed by atoms with Crippen LogP contribution >= 0.6 is 0 Å². The summed E-state index contributed by atoms with van der Waals surface area (Å²) in [5.74, 6) is -0.171. The van der Waals surface area contributed by atoms with E-state index in [-0.39, 0.29) is 5.91 Å². The zero-order valence-corrected chi connectivity index (χ0v) is 16.1. The summed E-state index contributed by atoms with van der Waals surface area (Å²) in [6.45, 7) is 2.06. The van der Waals surface area contributed by atoms with E-state index >= 15 is 0 Å². The van der Waals surface area contributed by atoms with E-state index in [1.807, 2.05) is 35.0 Å². The Morgan fingerprint density at radius 1 is 1.10 bits per heavy atom. The van der Waals surface area contributed by atoms with Gasteiger partial charge in [-0.1, -0.05) is 29.8 Å². The van der Waals surface area contributed by atoms with Crippen LogP contribution in [-0.4, -0.2) is 25.9 Å². The molecule has 2 N–H and O–H groups in total. The Hall–Kier alpha value is -3.67. The second kappa shape index (κ2) is 7.05. The molecule has 0 fully saturated rings. The van der Waals surface area contributed by atoms with Crippen LogP contribution in [0.3, 0.4) is 0 Å². The number of anilines is 1. The lowest BCUT2D eigenvalue weighted by molar-refractivity contribution is 0.102. The number of carbonyl (C=O) groups is 1. The monoisotopic (exact) mass is 383 g/mol. The van der Waals surface area contributed by atoms with Crippen molar-refractivity contribution in [3.8, 4) is 16.9 Å². The Labute approximate surface area is 168 Å². The second-order valence-corrected chi connectivity index (χ2v) is 7.38. The van der Waals surface area contributed by atoms with Gasteiger partial charge >= 0.3 is 0 Å². The highest BCUT2D eigenvalue weighted by Gasteiger charge is 2.27. The highest BCUT2D eigenvalue weighted by atomic mass is 16.2. The second-order valence-electron chi connectivity index (χ2n) is 7.38. The first-order valence-electron chi connectivity index (χ1n) is 9.78. The molecule has 2 aromatic carbocycles. The molecule has 5 rings (SSSR count). The van der Waals surface area contributed by atoms with Crippen molar-refractivity contribution >= 4 is 11.6 Å². The summed E-state index contributed by atoms with van der Waals surface area (Å²) in [5, 5.41) is 14.6. The van der Waals surface area contributed by atoms with Gasteiger partial charge in [0, 0.05) is 28.7 Å². The quantitative estimate of drug-likeness (QED) is 0.551. The summed E-state index contributed by atoms with van der Waals surface area (Å²) in [4.78, 5) is 13.1. The molecule has 2 aromatic heterocycles. The molecule has 2 heterocycles. The third-order valence-corrected chi connectivity index (χ3v) is 5.36. The molecule has 0 saturated carbocycles. The van der Waals surface area contributed by atoms with Crippen LogP contribution in [0.4, 0.5) is 5.69 Å². The summed E-state index contributed by atoms with van der Waals surface area (Å²) in [6.07, 6.45) is 4.59. The maximum Gasteiger partial charge on any atom is 0.276 e. The number of nitrogens with one attached hydrogen (secondary N) is 2. The van der Waals surface area contributed by atoms with Crippen LogP contribution in [-0.2, 0) is 12.8 Å². The Kier molecular flexibility index (Phi) is 4.24. The number of rotatable bonds is 4. The molecule has 0 spiro atoms. The first kappa shape index (κ1) is 17.4. The number of hydrogen-bond acceptors (Lipinski definition) is 3. The molecule has 0 bridgehead atoms. The maximum absolute atomic E-state index is 13.1. The molecule has 1 amide bonds. The molecule has 0 aliphatic heterocycles. The average molecular weight is 383 g/mol. The SMILES string of the molecule is Cc1ccc(-n2nc(C(=O)Nc3cccc(-c4ccn[nH]4)c3)c3c2CCC3)cc1. The lowest BCUT2D eigenvalue weighted by atomic mass is 10.1. The largest absolute Gasteiger partial charge is 0.321 e. The Bertz CT molecular complexity index is 1170. The van der Waals surface area contributed by atoms with Gasteiger partial charge in [-0.05, 0) is 56.5 Å². The molecular formula is C23H21N5O. The number of amides is 1. The number of aryl methyl sites for hydroxylation is 1. The molecule has 4 aromatic rings. The summed E-state index contributed by atoms with van der Waals surface area (Å²) >= 11 is 0. The van der Waals surface area contributed by atoms with Crippen LogP contribution in [0.2, 0.25) is 0 Å². The first-order valence-corrected chi connectivity index (χ1v) is 9.78. The van der Waals surface area contributed by atoms with Gasteiger partial charge in [0.05, 0.1) is 11.4 Å². The van der Waals surface area contributed by atoms with Crippen molar-refractivity contribution in [2.24, 2.45) is 0 Å². The summed E-state index contributed by atoms with van der Waals surface area (Å²) in [7, 11) is 0. The predicted octanol–water partition coefficient (Wildman–Crippen LogP) is 4.31. The van der Waals surface area contributed by atoms with E-state index in [1.54, 1.807) is 6.20 Å². The van der Waals surface area contributed by atoms with Crippen molar-refractivity contribution in [2.45, 2.75) is 26.2 Å². The number of H-pyrrole nitrogens is 1. The fraction of sp³-hybridized carbons (Fsp3) is 0.174. The van der Waals surface area contributed by atoms with Gasteiger partial charge < -0.3 is 5.32 Å². The Morgan fingerprint density at radius 3 is 2.76 bits per heavy atom. The Balaban J connectivity index is 1.46. The zero-order valence-electron chi connectivity index (χ0n) is 16.1. The van der Waals surface area contributed by atoms with Gasteiger partial charge in [0.15, 0.2) is 5.69 Å². The molecule has 1 aliphatic rings. The third-order valence-electron chi connectivity index (χ3n) is 5.36. The van der Waals surface area contributed by atoms with Gasteiger partial charge in [-0.3, -0.25) is 9.89 Å². The van der Waals surface area contributed by atoms with E-state index in [9.17, 15) is 4.79 Å². The van der Waals surface area contributed by atoms with E-state index < -0.39 is 0 Å². The number of aromatic amines is 1. The molecule has 144 valence electrons. The molecule has 0 unspecified atom stereocenters. The van der Waals surface area contributed by atoms with Gasteiger partial charge in [-0.15, -0.1) is 0 Å². The fourth-order valence-electron chi connectivity index (χ4n) is 3.89. The van der Waals surface area contributed by atoms with E-state index in [1.165, 1.54) is 5.56 Å². The average Bonchev–Trinajstić information content (AvgIpc) is 3.47. The van der Waals surface area contributed by atoms with Gasteiger partial charge in [-0.2, -0.15) is 10.2 Å². The van der Waals surface area contributed by atoms with E-state index in [2.05, 4.69) is 51.8 Å². The van der Waals surface area contributed by atoms with E-state index in [0.717, 1.165) is 53.2 Å². The van der Waals surface area contributed by atoms with Crippen molar-refractivity contribution in [2.75, 3.05) is 5.32 Å². The van der Waals surface area contributed by atoms with Crippen molar-refractivity contribution in [3.63, 3.8) is 0 Å². The molecule has 6 nitrogen and oxygen atoms in total. The van der Waals surface area contributed by atoms with Gasteiger partial charge in [0.2, 0.25) is 0 Å². The van der Waals surface area contributed by atoms with Crippen molar-refractivity contribution in [1.82, 2.24) is 20.0 Å². The van der Waals surface area contributed by atoms with Crippen LogP contribution in [0.1, 0.15) is 33.7 Å². The molecule has 0 atom stereocenters. The first-order chi connectivity index (χ1) is 14.2. The third kappa shape index (κ3) is 3.23. The highest BCUT2D eigenvalue weighted by Crippen LogP contribution is 2.29. The molecular weight excluding hydrogens is 362 g/mol. The van der Waals surface area contributed by atoms with Crippen LogP contribution < -0.4 is 5.32 Å². The number of hydrogen-bond donors (Lipinski definition) is 2. The number of nitrogens with zero attached hydrogens (tertiary/aromatic N) is 3. The molecule has 6 heteroatoms. The van der Waals surface area contributed by atoms with Crippen molar-refractivity contribution < 1.29 is 4.79 Å². The van der Waals surface area contributed by atoms with Crippen LogP contribution in [0.25, 0.3) is 16.9 Å². The summed E-state index contributed by atoms with van der Waals surface area (Å²) < 4.78 is 1.93. The smallest absolute Gasteiger partial charge is 0.276 e. The minimum atomic E-state index is -0.171. The number of carbonyl (C=O) groups excluding carboxylic acids is 1.